The van der Waals surface area contributed by atoms with E-state index in [0.29, 0.717) is 12.5 Å². The average Bonchev–Trinajstić information content (AvgIpc) is 2.92. The fraction of sp³-hybridized carbons (Fsp3) is 0.583. The van der Waals surface area contributed by atoms with Crippen molar-refractivity contribution in [1.29, 1.82) is 0 Å². The normalized spacial score (nSPS) is 22.4. The van der Waals surface area contributed by atoms with Crippen LogP contribution in [0.1, 0.15) is 29.8 Å². The highest BCUT2D eigenvalue weighted by molar-refractivity contribution is 6.21. The zero-order valence-electron chi connectivity index (χ0n) is 10.6. The fourth-order valence-corrected chi connectivity index (χ4v) is 2.82. The van der Waals surface area contributed by atoms with Gasteiger partial charge in [0, 0.05) is 18.0 Å². The molecular formula is C12H16ClN3O3. The van der Waals surface area contributed by atoms with E-state index in [1.54, 1.807) is 0 Å². The Morgan fingerprint density at radius 1 is 1.58 bits per heavy atom. The van der Waals surface area contributed by atoms with Gasteiger partial charge in [0.2, 0.25) is 0 Å². The molecular weight excluding hydrogens is 270 g/mol. The molecule has 1 saturated carbocycles. The molecule has 7 heteroatoms. The summed E-state index contributed by atoms with van der Waals surface area (Å²) in [6.45, 7) is 0.520. The van der Waals surface area contributed by atoms with Gasteiger partial charge in [-0.2, -0.15) is 0 Å². The van der Waals surface area contributed by atoms with Crippen LogP contribution in [0.3, 0.4) is 0 Å². The first-order valence-corrected chi connectivity index (χ1v) is 6.66. The second kappa shape index (κ2) is 5.61. The number of nitrogens with one attached hydrogen (secondary N) is 1. The van der Waals surface area contributed by atoms with Gasteiger partial charge in [-0.15, -0.1) is 11.6 Å². The van der Waals surface area contributed by atoms with Crippen LogP contribution >= 0.6 is 11.6 Å². The van der Waals surface area contributed by atoms with Gasteiger partial charge >= 0.3 is 5.82 Å². The Bertz CT molecular complexity index is 500. The van der Waals surface area contributed by atoms with Crippen molar-refractivity contribution in [3.8, 4) is 0 Å². The molecule has 1 heterocycles. The van der Waals surface area contributed by atoms with E-state index in [0.717, 1.165) is 19.3 Å². The van der Waals surface area contributed by atoms with Gasteiger partial charge in [0.1, 0.15) is 0 Å². The molecule has 19 heavy (non-hydrogen) atoms. The molecule has 1 fully saturated rings. The number of halogens is 1. The molecule has 0 aromatic carbocycles. The maximum absolute atomic E-state index is 12.0. The number of alkyl halides is 1. The van der Waals surface area contributed by atoms with Crippen molar-refractivity contribution < 1.29 is 9.72 Å². The number of nitrogens with zero attached hydrogens (tertiary/aromatic N) is 2. The summed E-state index contributed by atoms with van der Waals surface area (Å²) in [5.74, 6) is -0.103. The summed E-state index contributed by atoms with van der Waals surface area (Å²) in [7, 11) is 1.51. The average molecular weight is 286 g/mol. The monoisotopic (exact) mass is 285 g/mol. The fourth-order valence-electron chi connectivity index (χ4n) is 2.45. The predicted octanol–water partition coefficient (Wildman–Crippen LogP) is 2.07. The maximum atomic E-state index is 12.0. The van der Waals surface area contributed by atoms with Crippen LogP contribution in [-0.4, -0.2) is 27.3 Å². The van der Waals surface area contributed by atoms with Gasteiger partial charge in [-0.25, -0.2) is 4.57 Å². The maximum Gasteiger partial charge on any atom is 0.323 e. The number of nitro groups is 1. The van der Waals surface area contributed by atoms with Gasteiger partial charge in [0.25, 0.3) is 5.91 Å². The molecule has 104 valence electrons. The van der Waals surface area contributed by atoms with E-state index < -0.39 is 4.92 Å². The van der Waals surface area contributed by atoms with Crippen molar-refractivity contribution in [2.45, 2.75) is 24.6 Å². The lowest BCUT2D eigenvalue weighted by molar-refractivity contribution is -0.391. The molecule has 0 saturated heterocycles. The Kier molecular flexibility index (Phi) is 4.09. The Hall–Kier alpha value is -1.56. The summed E-state index contributed by atoms with van der Waals surface area (Å²) < 4.78 is 1.28. The second-order valence-corrected chi connectivity index (χ2v) is 5.37. The molecule has 1 aliphatic rings. The van der Waals surface area contributed by atoms with Crippen LogP contribution in [0.5, 0.6) is 0 Å². The smallest absolute Gasteiger partial charge is 0.323 e. The third kappa shape index (κ3) is 2.89. The predicted molar refractivity (Wildman–Crippen MR) is 71.4 cm³/mol. The molecule has 2 atom stereocenters. The van der Waals surface area contributed by atoms with Gasteiger partial charge in [-0.05, 0) is 29.7 Å². The van der Waals surface area contributed by atoms with E-state index in [2.05, 4.69) is 5.32 Å². The molecule has 1 aliphatic carbocycles. The Morgan fingerprint density at radius 3 is 2.84 bits per heavy atom. The van der Waals surface area contributed by atoms with Gasteiger partial charge in [0.15, 0.2) is 5.69 Å². The van der Waals surface area contributed by atoms with Crippen LogP contribution in [0.2, 0.25) is 0 Å². The largest absolute Gasteiger partial charge is 0.358 e. The van der Waals surface area contributed by atoms with Crippen molar-refractivity contribution in [3.05, 3.63) is 27.9 Å². The minimum Gasteiger partial charge on any atom is -0.358 e. The summed E-state index contributed by atoms with van der Waals surface area (Å²) in [5.41, 5.74) is 0.288. The quantitative estimate of drug-likeness (QED) is 0.523. The SMILES string of the molecule is Cn1c(C(=O)NCC2CCCC2Cl)ccc1[N+](=O)[O-]. The summed E-state index contributed by atoms with van der Waals surface area (Å²) in [6, 6.07) is 2.79. The highest BCUT2D eigenvalue weighted by atomic mass is 35.5. The molecule has 1 aromatic rings. The molecule has 0 spiro atoms. The van der Waals surface area contributed by atoms with Crippen molar-refractivity contribution in [2.24, 2.45) is 13.0 Å². The minimum absolute atomic E-state index is 0.0961. The molecule has 0 bridgehead atoms. The topological polar surface area (TPSA) is 77.2 Å². The first kappa shape index (κ1) is 13.9. The van der Waals surface area contributed by atoms with E-state index in [9.17, 15) is 14.9 Å². The molecule has 6 nitrogen and oxygen atoms in total. The van der Waals surface area contributed by atoms with E-state index in [-0.39, 0.29) is 22.8 Å². The van der Waals surface area contributed by atoms with Gasteiger partial charge in [-0.3, -0.25) is 4.79 Å². The molecule has 2 unspecified atom stereocenters. The molecule has 1 N–H and O–H groups in total. The highest BCUT2D eigenvalue weighted by Crippen LogP contribution is 2.29. The number of hydrogen-bond acceptors (Lipinski definition) is 3. The van der Waals surface area contributed by atoms with Crippen molar-refractivity contribution >= 4 is 23.3 Å². The van der Waals surface area contributed by atoms with E-state index in [1.165, 1.54) is 23.7 Å². The van der Waals surface area contributed by atoms with Crippen LogP contribution in [0.4, 0.5) is 5.82 Å². The van der Waals surface area contributed by atoms with Crippen molar-refractivity contribution in [2.75, 3.05) is 6.54 Å². The number of carbonyl (C=O) groups is 1. The first-order valence-electron chi connectivity index (χ1n) is 6.23. The molecule has 1 amide bonds. The van der Waals surface area contributed by atoms with E-state index >= 15 is 0 Å². The zero-order valence-corrected chi connectivity index (χ0v) is 11.4. The number of rotatable bonds is 4. The third-order valence-corrected chi connectivity index (χ3v) is 4.18. The third-order valence-electron chi connectivity index (χ3n) is 3.61. The van der Waals surface area contributed by atoms with Crippen molar-refractivity contribution in [3.63, 3.8) is 0 Å². The number of aromatic nitrogens is 1. The summed E-state index contributed by atoms with van der Waals surface area (Å²) in [4.78, 5) is 22.2. The second-order valence-electron chi connectivity index (χ2n) is 4.81. The first-order chi connectivity index (χ1) is 9.00. The summed E-state index contributed by atoms with van der Waals surface area (Å²) in [5, 5.41) is 13.6. The number of amides is 1. The Balaban J connectivity index is 1.98. The van der Waals surface area contributed by atoms with Crippen LogP contribution in [0, 0.1) is 16.0 Å². The lowest BCUT2D eigenvalue weighted by atomic mass is 10.1. The molecule has 2 rings (SSSR count). The molecule has 0 radical (unpaired) electrons. The van der Waals surface area contributed by atoms with Crippen LogP contribution in [0.25, 0.3) is 0 Å². The molecule has 0 aliphatic heterocycles. The standard InChI is InChI=1S/C12H16ClN3O3/c1-15-10(5-6-11(15)16(18)19)12(17)14-7-8-3-2-4-9(8)13/h5-6,8-9H,2-4,7H2,1H3,(H,14,17). The van der Waals surface area contributed by atoms with E-state index in [1.807, 2.05) is 0 Å². The number of carbonyl (C=O) groups excluding carboxylic acids is 1. The minimum atomic E-state index is -0.511. The lowest BCUT2D eigenvalue weighted by Gasteiger charge is -2.13. The Morgan fingerprint density at radius 2 is 2.32 bits per heavy atom. The molecule has 1 aromatic heterocycles. The van der Waals surface area contributed by atoms with Crippen LogP contribution in [-0.2, 0) is 7.05 Å². The Labute approximate surface area is 115 Å². The van der Waals surface area contributed by atoms with E-state index in [4.69, 9.17) is 11.6 Å². The van der Waals surface area contributed by atoms with Gasteiger partial charge < -0.3 is 15.4 Å². The zero-order chi connectivity index (χ0) is 14.0. The number of hydrogen-bond donors (Lipinski definition) is 1. The van der Waals surface area contributed by atoms with Gasteiger partial charge in [-0.1, -0.05) is 6.42 Å². The van der Waals surface area contributed by atoms with Crippen molar-refractivity contribution in [1.82, 2.24) is 9.88 Å². The van der Waals surface area contributed by atoms with Crippen LogP contribution < -0.4 is 5.32 Å². The lowest BCUT2D eigenvalue weighted by Crippen LogP contribution is -2.32. The summed E-state index contributed by atoms with van der Waals surface area (Å²) in [6.07, 6.45) is 3.09. The van der Waals surface area contributed by atoms with Crippen LogP contribution in [0.15, 0.2) is 12.1 Å². The summed E-state index contributed by atoms with van der Waals surface area (Å²) >= 11 is 6.14. The van der Waals surface area contributed by atoms with Gasteiger partial charge in [0.05, 0.1) is 7.05 Å². The highest BCUT2D eigenvalue weighted by Gasteiger charge is 2.27.